The summed E-state index contributed by atoms with van der Waals surface area (Å²) in [6, 6.07) is 5.39. The van der Waals surface area contributed by atoms with Gasteiger partial charge in [-0.15, -0.1) is 11.3 Å². The highest BCUT2D eigenvalue weighted by Gasteiger charge is 2.35. The molecule has 0 spiro atoms. The maximum atomic E-state index is 13.6. The number of hydrogen-bond acceptors (Lipinski definition) is 7. The Balaban J connectivity index is 1.64. The molecule has 1 aliphatic heterocycles. The molecule has 4 heterocycles. The lowest BCUT2D eigenvalue weighted by Gasteiger charge is -2.34. The van der Waals surface area contributed by atoms with Gasteiger partial charge in [0.1, 0.15) is 16.3 Å². The number of hydrogen-bond donors (Lipinski definition) is 1. The van der Waals surface area contributed by atoms with Crippen LogP contribution in [0.3, 0.4) is 0 Å². The number of fused-ring (bicyclic) bond motifs is 1. The maximum Gasteiger partial charge on any atom is 0.263 e. The Bertz CT molecular complexity index is 1320. The lowest BCUT2D eigenvalue weighted by molar-refractivity contribution is -0.121. The molecule has 1 N–H and O–H groups in total. The Kier molecular flexibility index (Phi) is 6.64. The number of pyridine rings is 1. The molecule has 1 aliphatic rings. The zero-order chi connectivity index (χ0) is 23.8. The molecule has 33 heavy (non-hydrogen) atoms. The van der Waals surface area contributed by atoms with Crippen molar-refractivity contribution in [1.29, 1.82) is 0 Å². The van der Waals surface area contributed by atoms with E-state index >= 15 is 0 Å². The molecule has 0 aliphatic carbocycles. The number of amides is 1. The van der Waals surface area contributed by atoms with Crippen molar-refractivity contribution < 1.29 is 13.2 Å². The van der Waals surface area contributed by atoms with Gasteiger partial charge >= 0.3 is 0 Å². The number of piperidine rings is 1. The monoisotopic (exact) mass is 489 g/mol. The molecule has 176 valence electrons. The van der Waals surface area contributed by atoms with Gasteiger partial charge in [-0.2, -0.15) is 4.31 Å². The molecule has 4 rings (SSSR count). The van der Waals surface area contributed by atoms with Gasteiger partial charge < -0.3 is 5.32 Å². The molecule has 0 radical (unpaired) electrons. The number of sulfonamides is 1. The van der Waals surface area contributed by atoms with E-state index < -0.39 is 15.6 Å². The second-order valence-electron chi connectivity index (χ2n) is 8.71. The summed E-state index contributed by atoms with van der Waals surface area (Å²) >= 11 is 1.18. The number of rotatable bonds is 6. The first-order valence-corrected chi connectivity index (χ1v) is 13.1. The van der Waals surface area contributed by atoms with Gasteiger partial charge in [0.25, 0.3) is 5.56 Å². The fraction of sp³-hybridized carbons (Fsp3) is 0.455. The van der Waals surface area contributed by atoms with Gasteiger partial charge in [-0.3, -0.25) is 19.1 Å². The summed E-state index contributed by atoms with van der Waals surface area (Å²) in [6.45, 7) is 6.58. The van der Waals surface area contributed by atoms with E-state index in [-0.39, 0.29) is 41.1 Å². The second kappa shape index (κ2) is 9.32. The SMILES string of the molecule is Cc1sc2ncn(CC(=O)NCc3ccccn3)c(=O)c2c1S(=O)(=O)N1CC(C)CC(C)C1. The van der Waals surface area contributed by atoms with Crippen LogP contribution in [0.25, 0.3) is 10.2 Å². The van der Waals surface area contributed by atoms with Crippen molar-refractivity contribution in [1.82, 2.24) is 24.2 Å². The van der Waals surface area contributed by atoms with Crippen molar-refractivity contribution in [2.45, 2.75) is 45.2 Å². The van der Waals surface area contributed by atoms with Gasteiger partial charge in [-0.1, -0.05) is 19.9 Å². The second-order valence-corrected chi connectivity index (χ2v) is 11.8. The smallest absolute Gasteiger partial charge is 0.263 e. The number of carbonyl (C=O) groups excluding carboxylic acids is 1. The average molecular weight is 490 g/mol. The predicted molar refractivity (Wildman–Crippen MR) is 126 cm³/mol. The van der Waals surface area contributed by atoms with Crippen LogP contribution in [0.15, 0.2) is 40.4 Å². The zero-order valence-corrected chi connectivity index (χ0v) is 20.4. The van der Waals surface area contributed by atoms with Crippen molar-refractivity contribution in [2.75, 3.05) is 13.1 Å². The van der Waals surface area contributed by atoms with Crippen molar-refractivity contribution in [3.8, 4) is 0 Å². The molecule has 0 bridgehead atoms. The third-order valence-electron chi connectivity index (χ3n) is 5.74. The van der Waals surface area contributed by atoms with Crippen LogP contribution in [0.5, 0.6) is 0 Å². The van der Waals surface area contributed by atoms with Crippen LogP contribution in [0, 0.1) is 18.8 Å². The molecule has 11 heteroatoms. The summed E-state index contributed by atoms with van der Waals surface area (Å²) in [5, 5.41) is 2.78. The fourth-order valence-corrected chi connectivity index (χ4v) is 7.72. The fourth-order valence-electron chi connectivity index (χ4n) is 4.37. The number of carbonyl (C=O) groups is 1. The molecule has 1 amide bonds. The van der Waals surface area contributed by atoms with Crippen LogP contribution in [0.1, 0.15) is 30.8 Å². The summed E-state index contributed by atoms with van der Waals surface area (Å²) in [5.41, 5.74) is 0.160. The number of nitrogens with zero attached hydrogens (tertiary/aromatic N) is 4. The third-order valence-corrected chi connectivity index (χ3v) is 8.89. The molecule has 1 fully saturated rings. The zero-order valence-electron chi connectivity index (χ0n) is 18.8. The Hall–Kier alpha value is -2.63. The average Bonchev–Trinajstić information content (AvgIpc) is 3.12. The summed E-state index contributed by atoms with van der Waals surface area (Å²) in [5.74, 6) is 0.0940. The van der Waals surface area contributed by atoms with Gasteiger partial charge in [0, 0.05) is 24.2 Å². The minimum Gasteiger partial charge on any atom is -0.349 e. The van der Waals surface area contributed by atoms with Gasteiger partial charge in [-0.05, 0) is 37.3 Å². The van der Waals surface area contributed by atoms with E-state index in [0.717, 1.165) is 11.0 Å². The van der Waals surface area contributed by atoms with Crippen LogP contribution < -0.4 is 10.9 Å². The molecule has 2 atom stereocenters. The first kappa shape index (κ1) is 23.5. The van der Waals surface area contributed by atoms with Gasteiger partial charge in [0.2, 0.25) is 15.9 Å². The molecule has 1 saturated heterocycles. The highest BCUT2D eigenvalue weighted by Crippen LogP contribution is 2.35. The van der Waals surface area contributed by atoms with Crippen LogP contribution >= 0.6 is 11.3 Å². The first-order valence-electron chi connectivity index (χ1n) is 10.8. The molecular weight excluding hydrogens is 462 g/mol. The molecule has 3 aromatic rings. The van der Waals surface area contributed by atoms with E-state index in [4.69, 9.17) is 0 Å². The Morgan fingerprint density at radius 1 is 1.21 bits per heavy atom. The van der Waals surface area contributed by atoms with Gasteiger partial charge in [0.15, 0.2) is 0 Å². The number of nitrogens with one attached hydrogen (secondary N) is 1. The summed E-state index contributed by atoms with van der Waals surface area (Å²) in [6.07, 6.45) is 3.90. The van der Waals surface area contributed by atoms with E-state index in [1.54, 1.807) is 25.3 Å². The number of aryl methyl sites for hydroxylation is 1. The van der Waals surface area contributed by atoms with Crippen molar-refractivity contribution >= 4 is 37.5 Å². The molecule has 2 unspecified atom stereocenters. The van der Waals surface area contributed by atoms with E-state index in [0.29, 0.717) is 28.5 Å². The lowest BCUT2D eigenvalue weighted by Crippen LogP contribution is -2.43. The van der Waals surface area contributed by atoms with Gasteiger partial charge in [-0.25, -0.2) is 13.4 Å². The van der Waals surface area contributed by atoms with Crippen LogP contribution in [-0.4, -0.2) is 46.3 Å². The van der Waals surface area contributed by atoms with Crippen molar-refractivity contribution in [2.24, 2.45) is 11.8 Å². The number of aromatic nitrogens is 3. The van der Waals surface area contributed by atoms with Crippen molar-refractivity contribution in [3.05, 3.63) is 51.6 Å². The number of thiophene rings is 1. The minimum absolute atomic E-state index is 0.0181. The molecule has 3 aromatic heterocycles. The standard InChI is InChI=1S/C22H27N5O4S2/c1-14-8-15(2)11-27(10-14)33(30,31)20-16(3)32-21-19(20)22(29)26(13-25-21)12-18(28)24-9-17-6-4-5-7-23-17/h4-7,13-15H,8-12H2,1-3H3,(H,24,28). The quantitative estimate of drug-likeness (QED) is 0.567. The maximum absolute atomic E-state index is 13.6. The summed E-state index contributed by atoms with van der Waals surface area (Å²) in [4.78, 5) is 35.1. The highest BCUT2D eigenvalue weighted by molar-refractivity contribution is 7.89. The largest absolute Gasteiger partial charge is 0.349 e. The summed E-state index contributed by atoms with van der Waals surface area (Å²) < 4.78 is 29.8. The van der Waals surface area contributed by atoms with Crippen molar-refractivity contribution in [3.63, 3.8) is 0 Å². The first-order chi connectivity index (χ1) is 15.7. The Morgan fingerprint density at radius 2 is 1.94 bits per heavy atom. The molecule has 0 saturated carbocycles. The highest BCUT2D eigenvalue weighted by atomic mass is 32.2. The van der Waals surface area contributed by atoms with E-state index in [9.17, 15) is 18.0 Å². The molecular formula is C22H27N5O4S2. The van der Waals surface area contributed by atoms with Crippen LogP contribution in [-0.2, 0) is 27.9 Å². The molecule has 0 aromatic carbocycles. The predicted octanol–water partition coefficient (Wildman–Crippen LogP) is 2.14. The normalized spacial score (nSPS) is 19.6. The molecule has 9 nitrogen and oxygen atoms in total. The Morgan fingerprint density at radius 3 is 2.61 bits per heavy atom. The van der Waals surface area contributed by atoms with Crippen LogP contribution in [0.2, 0.25) is 0 Å². The van der Waals surface area contributed by atoms with E-state index in [2.05, 4.69) is 15.3 Å². The van der Waals surface area contributed by atoms with Gasteiger partial charge in [0.05, 0.1) is 24.0 Å². The Labute approximate surface area is 196 Å². The third kappa shape index (κ3) is 4.85. The van der Waals surface area contributed by atoms with E-state index in [1.807, 2.05) is 19.9 Å². The summed E-state index contributed by atoms with van der Waals surface area (Å²) in [7, 11) is -3.87. The topological polar surface area (TPSA) is 114 Å². The lowest BCUT2D eigenvalue weighted by atomic mass is 9.94. The van der Waals surface area contributed by atoms with Crippen LogP contribution in [0.4, 0.5) is 0 Å². The van der Waals surface area contributed by atoms with E-state index in [1.165, 1.54) is 22.0 Å². The minimum atomic E-state index is -3.87.